The lowest BCUT2D eigenvalue weighted by Gasteiger charge is -2.04. The molecule has 0 fully saturated rings. The van der Waals surface area contributed by atoms with Crippen molar-refractivity contribution < 1.29 is 13.2 Å². The number of hydrogen-bond donors (Lipinski definition) is 3. The fourth-order valence-corrected chi connectivity index (χ4v) is 2.58. The van der Waals surface area contributed by atoms with Gasteiger partial charge in [-0.1, -0.05) is 0 Å². The van der Waals surface area contributed by atoms with E-state index in [1.807, 2.05) is 0 Å². The SMILES string of the molecule is CNS(=O)(=O)c1cnc2[nH]cc(CCNC(C)=O)c2c1. The second kappa shape index (κ2) is 5.59. The molecule has 2 heterocycles. The predicted molar refractivity (Wildman–Crippen MR) is 74.7 cm³/mol. The molecule has 0 aliphatic heterocycles. The number of fused-ring (bicyclic) bond motifs is 1. The number of rotatable bonds is 5. The average molecular weight is 296 g/mol. The number of carbonyl (C=O) groups is 1. The Morgan fingerprint density at radius 1 is 1.45 bits per heavy atom. The second-order valence-electron chi connectivity index (χ2n) is 4.32. The van der Waals surface area contributed by atoms with E-state index in [2.05, 4.69) is 20.0 Å². The Morgan fingerprint density at radius 3 is 2.85 bits per heavy atom. The number of amides is 1. The summed E-state index contributed by atoms with van der Waals surface area (Å²) in [6.07, 6.45) is 3.68. The van der Waals surface area contributed by atoms with Gasteiger partial charge in [0.1, 0.15) is 10.5 Å². The van der Waals surface area contributed by atoms with E-state index in [0.29, 0.717) is 18.6 Å². The monoisotopic (exact) mass is 296 g/mol. The van der Waals surface area contributed by atoms with Gasteiger partial charge in [-0.25, -0.2) is 18.1 Å². The highest BCUT2D eigenvalue weighted by atomic mass is 32.2. The number of carbonyl (C=O) groups excluding carboxylic acids is 1. The van der Waals surface area contributed by atoms with Gasteiger partial charge in [-0.15, -0.1) is 0 Å². The minimum Gasteiger partial charge on any atom is -0.356 e. The summed E-state index contributed by atoms with van der Waals surface area (Å²) in [4.78, 5) is 18.0. The van der Waals surface area contributed by atoms with Crippen LogP contribution in [0.4, 0.5) is 0 Å². The van der Waals surface area contributed by atoms with Crippen LogP contribution in [0, 0.1) is 0 Å². The van der Waals surface area contributed by atoms with Crippen molar-refractivity contribution in [3.05, 3.63) is 24.0 Å². The van der Waals surface area contributed by atoms with Crippen molar-refractivity contribution in [2.75, 3.05) is 13.6 Å². The molecule has 0 aromatic carbocycles. The third kappa shape index (κ3) is 2.97. The maximum atomic E-state index is 11.8. The van der Waals surface area contributed by atoms with Gasteiger partial charge in [0.05, 0.1) is 0 Å². The standard InChI is InChI=1S/C12H16N4O3S/c1-8(17)14-4-3-9-6-15-12-11(9)5-10(7-16-12)20(18,19)13-2/h5-7,13H,3-4H2,1-2H3,(H,14,17)(H,15,16). The molecular formula is C12H16N4O3S. The van der Waals surface area contributed by atoms with Crippen molar-refractivity contribution in [2.45, 2.75) is 18.2 Å². The Morgan fingerprint density at radius 2 is 2.20 bits per heavy atom. The van der Waals surface area contributed by atoms with Gasteiger partial charge in [0.2, 0.25) is 15.9 Å². The summed E-state index contributed by atoms with van der Waals surface area (Å²) in [5.74, 6) is -0.0959. The van der Waals surface area contributed by atoms with Crippen molar-refractivity contribution in [2.24, 2.45) is 0 Å². The molecule has 7 nitrogen and oxygen atoms in total. The molecule has 0 atom stereocenters. The first kappa shape index (κ1) is 14.5. The summed E-state index contributed by atoms with van der Waals surface area (Å²) in [6.45, 7) is 1.94. The van der Waals surface area contributed by atoms with Crippen LogP contribution in [-0.4, -0.2) is 37.9 Å². The lowest BCUT2D eigenvalue weighted by molar-refractivity contribution is -0.118. The zero-order valence-corrected chi connectivity index (χ0v) is 12.0. The van der Waals surface area contributed by atoms with E-state index in [1.165, 1.54) is 20.2 Å². The summed E-state index contributed by atoms with van der Waals surface area (Å²) in [5.41, 5.74) is 1.53. The van der Waals surface area contributed by atoms with Gasteiger partial charge >= 0.3 is 0 Å². The molecule has 108 valence electrons. The van der Waals surface area contributed by atoms with Gasteiger partial charge in [-0.05, 0) is 25.1 Å². The van der Waals surface area contributed by atoms with Crippen molar-refractivity contribution in [1.29, 1.82) is 0 Å². The van der Waals surface area contributed by atoms with Crippen LogP contribution in [0.1, 0.15) is 12.5 Å². The smallest absolute Gasteiger partial charge is 0.241 e. The van der Waals surface area contributed by atoms with E-state index >= 15 is 0 Å². The van der Waals surface area contributed by atoms with Crippen molar-refractivity contribution >= 4 is 27.0 Å². The molecule has 20 heavy (non-hydrogen) atoms. The molecule has 0 aliphatic rings. The molecule has 0 bridgehead atoms. The van der Waals surface area contributed by atoms with Crippen LogP contribution in [0.2, 0.25) is 0 Å². The Bertz CT molecular complexity index is 736. The number of nitrogens with one attached hydrogen (secondary N) is 3. The minimum absolute atomic E-state index is 0.0959. The normalized spacial score (nSPS) is 11.7. The van der Waals surface area contributed by atoms with Crippen molar-refractivity contribution in [1.82, 2.24) is 20.0 Å². The first-order chi connectivity index (χ1) is 9.44. The summed E-state index contributed by atoms with van der Waals surface area (Å²) in [5, 5.41) is 3.44. The first-order valence-corrected chi connectivity index (χ1v) is 7.56. The zero-order valence-electron chi connectivity index (χ0n) is 11.2. The molecule has 1 amide bonds. The van der Waals surface area contributed by atoms with Crippen molar-refractivity contribution in [3.8, 4) is 0 Å². The van der Waals surface area contributed by atoms with E-state index in [-0.39, 0.29) is 10.8 Å². The Labute approximate surface area is 116 Å². The van der Waals surface area contributed by atoms with Gasteiger partial charge in [0, 0.05) is 31.2 Å². The number of aromatic amines is 1. The largest absolute Gasteiger partial charge is 0.356 e. The molecule has 0 saturated heterocycles. The van der Waals surface area contributed by atoms with E-state index in [1.54, 1.807) is 12.3 Å². The molecule has 2 rings (SSSR count). The molecule has 0 aliphatic carbocycles. The highest BCUT2D eigenvalue weighted by molar-refractivity contribution is 7.89. The summed E-state index contributed by atoms with van der Waals surface area (Å²) < 4.78 is 25.8. The van der Waals surface area contributed by atoms with Crippen molar-refractivity contribution in [3.63, 3.8) is 0 Å². The zero-order chi connectivity index (χ0) is 14.8. The van der Waals surface area contributed by atoms with Gasteiger partial charge in [0.15, 0.2) is 0 Å². The first-order valence-electron chi connectivity index (χ1n) is 6.08. The fourth-order valence-electron chi connectivity index (χ4n) is 1.88. The maximum absolute atomic E-state index is 11.8. The molecule has 0 spiro atoms. The van der Waals surface area contributed by atoms with Gasteiger partial charge in [0.25, 0.3) is 0 Å². The number of aromatic nitrogens is 2. The van der Waals surface area contributed by atoms with Crippen LogP contribution in [0.5, 0.6) is 0 Å². The van der Waals surface area contributed by atoms with E-state index in [0.717, 1.165) is 10.9 Å². The fraction of sp³-hybridized carbons (Fsp3) is 0.333. The molecule has 3 N–H and O–H groups in total. The topological polar surface area (TPSA) is 104 Å². The summed E-state index contributed by atoms with van der Waals surface area (Å²) in [7, 11) is -2.16. The van der Waals surface area contributed by atoms with Crippen LogP contribution >= 0.6 is 0 Å². The predicted octanol–water partition coefficient (Wildman–Crippen LogP) is 0.150. The Hall–Kier alpha value is -1.93. The molecule has 2 aromatic rings. The second-order valence-corrected chi connectivity index (χ2v) is 6.21. The summed E-state index contributed by atoms with van der Waals surface area (Å²) in [6, 6.07) is 1.58. The number of nitrogens with zero attached hydrogens (tertiary/aromatic N) is 1. The highest BCUT2D eigenvalue weighted by Crippen LogP contribution is 2.20. The molecule has 0 unspecified atom stereocenters. The average Bonchev–Trinajstić information content (AvgIpc) is 2.81. The summed E-state index contributed by atoms with van der Waals surface area (Å²) >= 11 is 0. The Kier molecular flexibility index (Phi) is 4.05. The minimum atomic E-state index is -3.51. The lowest BCUT2D eigenvalue weighted by Crippen LogP contribution is -2.22. The Balaban J connectivity index is 2.33. The van der Waals surface area contributed by atoms with Gasteiger partial charge in [-0.3, -0.25) is 4.79 Å². The highest BCUT2D eigenvalue weighted by Gasteiger charge is 2.14. The molecule has 8 heteroatoms. The third-order valence-electron chi connectivity index (χ3n) is 2.94. The number of pyridine rings is 1. The lowest BCUT2D eigenvalue weighted by atomic mass is 10.1. The number of sulfonamides is 1. The maximum Gasteiger partial charge on any atom is 0.241 e. The van der Waals surface area contributed by atoms with Crippen LogP contribution in [0.25, 0.3) is 11.0 Å². The van der Waals surface area contributed by atoms with Crippen LogP contribution in [0.3, 0.4) is 0 Å². The van der Waals surface area contributed by atoms with Crippen LogP contribution in [-0.2, 0) is 21.2 Å². The van der Waals surface area contributed by atoms with Gasteiger partial charge < -0.3 is 10.3 Å². The molecule has 0 saturated carbocycles. The molecule has 2 aromatic heterocycles. The number of hydrogen-bond acceptors (Lipinski definition) is 4. The molecule has 0 radical (unpaired) electrons. The molecular weight excluding hydrogens is 280 g/mol. The van der Waals surface area contributed by atoms with Gasteiger partial charge in [-0.2, -0.15) is 0 Å². The third-order valence-corrected chi connectivity index (χ3v) is 4.32. The van der Waals surface area contributed by atoms with E-state index in [4.69, 9.17) is 0 Å². The van der Waals surface area contributed by atoms with E-state index in [9.17, 15) is 13.2 Å². The van der Waals surface area contributed by atoms with Crippen LogP contribution < -0.4 is 10.0 Å². The quantitative estimate of drug-likeness (QED) is 0.730. The van der Waals surface area contributed by atoms with Crippen LogP contribution in [0.15, 0.2) is 23.4 Å². The van der Waals surface area contributed by atoms with E-state index < -0.39 is 10.0 Å². The number of H-pyrrole nitrogens is 1.